The van der Waals surface area contributed by atoms with E-state index in [-0.39, 0.29) is 26.7 Å². The van der Waals surface area contributed by atoms with Gasteiger partial charge in [-0.3, -0.25) is 9.59 Å². The number of imide groups is 1. The molecule has 0 aromatic heterocycles. The van der Waals surface area contributed by atoms with Crippen LogP contribution in [0.2, 0.25) is 15.1 Å². The van der Waals surface area contributed by atoms with E-state index in [1.807, 2.05) is 0 Å². The van der Waals surface area contributed by atoms with E-state index in [1.165, 1.54) is 48.5 Å². The normalized spacial score (nSPS) is 10.3. The Morgan fingerprint density at radius 3 is 1.41 bits per heavy atom. The zero-order valence-electron chi connectivity index (χ0n) is 14.6. The van der Waals surface area contributed by atoms with Crippen LogP contribution in [0.5, 0.6) is 0 Å². The van der Waals surface area contributed by atoms with Crippen LogP contribution in [-0.4, -0.2) is 22.8 Å². The summed E-state index contributed by atoms with van der Waals surface area (Å²) in [6, 6.07) is 17.7. The summed E-state index contributed by atoms with van der Waals surface area (Å²) in [6.45, 7) is 0. The number of amides is 2. The van der Waals surface area contributed by atoms with Crippen molar-refractivity contribution in [3.05, 3.63) is 105 Å². The molecule has 0 saturated heterocycles. The summed E-state index contributed by atoms with van der Waals surface area (Å²) in [5, 5.41) is 1.24. The second kappa shape index (κ2) is 9.09. The monoisotopic (exact) mass is 447 g/mol. The summed E-state index contributed by atoms with van der Waals surface area (Å²) < 4.78 is 0. The molecule has 0 heterocycles. The first-order chi connectivity index (χ1) is 13.8. The fraction of sp³-hybridized carbons (Fsp3) is 0. The van der Waals surface area contributed by atoms with Gasteiger partial charge in [-0.05, 0) is 54.6 Å². The van der Waals surface area contributed by atoms with Gasteiger partial charge in [0.1, 0.15) is 0 Å². The molecule has 3 aromatic rings. The van der Waals surface area contributed by atoms with E-state index in [4.69, 9.17) is 39.6 Å². The number of hydrogen-bond acceptors (Lipinski definition) is 4. The van der Waals surface area contributed by atoms with Gasteiger partial charge in [0.05, 0.1) is 5.56 Å². The molecule has 0 aliphatic carbocycles. The van der Waals surface area contributed by atoms with Gasteiger partial charge in [-0.25, -0.2) is 4.79 Å². The number of rotatable bonds is 3. The third-order valence-electron chi connectivity index (χ3n) is 3.75. The highest BCUT2D eigenvalue weighted by molar-refractivity contribution is 6.31. The van der Waals surface area contributed by atoms with Crippen LogP contribution in [0.1, 0.15) is 31.1 Å². The first-order valence-electron chi connectivity index (χ1n) is 8.23. The van der Waals surface area contributed by atoms with Crippen molar-refractivity contribution in [1.29, 1.82) is 0 Å². The van der Waals surface area contributed by atoms with Crippen LogP contribution in [0.25, 0.3) is 0 Å². The molecule has 0 N–H and O–H groups in total. The number of hydroxylamine groups is 2. The fourth-order valence-corrected chi connectivity index (χ4v) is 2.97. The van der Waals surface area contributed by atoms with Gasteiger partial charge in [-0.2, -0.15) is 0 Å². The number of benzene rings is 3. The van der Waals surface area contributed by atoms with Crippen molar-refractivity contribution in [1.82, 2.24) is 5.06 Å². The third-order valence-corrected chi connectivity index (χ3v) is 4.45. The standard InChI is InChI=1S/C21H12Cl3NO4/c22-16-7-1-4-13(10-16)19(26)25(20(27)14-5-2-8-17(23)11-14)29-21(28)15-6-3-9-18(24)12-15/h1-12H. The Kier molecular flexibility index (Phi) is 6.54. The van der Waals surface area contributed by atoms with Crippen molar-refractivity contribution in [3.8, 4) is 0 Å². The smallest absolute Gasteiger partial charge is 0.324 e. The zero-order valence-corrected chi connectivity index (χ0v) is 16.9. The molecule has 3 aromatic carbocycles. The van der Waals surface area contributed by atoms with Gasteiger partial charge in [0.25, 0.3) is 11.8 Å². The lowest BCUT2D eigenvalue weighted by molar-refractivity contribution is -0.0616. The SMILES string of the molecule is O=C(ON(C(=O)c1cccc(Cl)c1)C(=O)c1cccc(Cl)c1)c1cccc(Cl)c1. The van der Waals surface area contributed by atoms with Gasteiger partial charge in [-0.1, -0.05) is 58.1 Å². The van der Waals surface area contributed by atoms with Gasteiger partial charge in [0.15, 0.2) is 0 Å². The first-order valence-corrected chi connectivity index (χ1v) is 9.36. The lowest BCUT2D eigenvalue weighted by Gasteiger charge is -2.19. The predicted octanol–water partition coefficient (Wildman–Crippen LogP) is 5.70. The maximum Gasteiger partial charge on any atom is 0.364 e. The summed E-state index contributed by atoms with van der Waals surface area (Å²) in [4.78, 5) is 43.6. The van der Waals surface area contributed by atoms with E-state index in [2.05, 4.69) is 0 Å². The first kappa shape index (κ1) is 20.9. The molecule has 0 spiro atoms. The Labute approximate surface area is 181 Å². The maximum atomic E-state index is 12.9. The molecule has 0 bridgehead atoms. The molecular formula is C21H12Cl3NO4. The van der Waals surface area contributed by atoms with Gasteiger partial charge in [0.2, 0.25) is 0 Å². The molecule has 0 saturated carbocycles. The van der Waals surface area contributed by atoms with Crippen molar-refractivity contribution in [3.63, 3.8) is 0 Å². The molecule has 29 heavy (non-hydrogen) atoms. The van der Waals surface area contributed by atoms with E-state index in [9.17, 15) is 14.4 Å². The number of hydrogen-bond donors (Lipinski definition) is 0. The summed E-state index contributed by atoms with van der Waals surface area (Å²) >= 11 is 17.8. The zero-order chi connectivity index (χ0) is 21.0. The quantitative estimate of drug-likeness (QED) is 0.381. The average Bonchev–Trinajstić information content (AvgIpc) is 2.71. The van der Waals surface area contributed by atoms with E-state index in [0.29, 0.717) is 10.1 Å². The summed E-state index contributed by atoms with van der Waals surface area (Å²) in [7, 11) is 0. The van der Waals surface area contributed by atoms with Crippen LogP contribution >= 0.6 is 34.8 Å². The van der Waals surface area contributed by atoms with Crippen molar-refractivity contribution in [2.24, 2.45) is 0 Å². The van der Waals surface area contributed by atoms with Gasteiger partial charge < -0.3 is 4.84 Å². The Balaban J connectivity index is 1.97. The number of nitrogens with zero attached hydrogens (tertiary/aromatic N) is 1. The number of carbonyl (C=O) groups excluding carboxylic acids is 3. The molecule has 0 aliphatic heterocycles. The van der Waals surface area contributed by atoms with Crippen LogP contribution in [0.3, 0.4) is 0 Å². The molecule has 0 radical (unpaired) electrons. The molecule has 146 valence electrons. The Morgan fingerprint density at radius 2 is 1.00 bits per heavy atom. The molecule has 0 unspecified atom stereocenters. The number of halogens is 3. The Morgan fingerprint density at radius 1 is 0.621 bits per heavy atom. The lowest BCUT2D eigenvalue weighted by atomic mass is 10.1. The van der Waals surface area contributed by atoms with Crippen LogP contribution in [-0.2, 0) is 4.84 Å². The molecule has 0 fully saturated rings. The topological polar surface area (TPSA) is 63.7 Å². The second-order valence-electron chi connectivity index (χ2n) is 5.81. The molecule has 3 rings (SSSR count). The van der Waals surface area contributed by atoms with Gasteiger partial charge in [0, 0.05) is 26.2 Å². The minimum atomic E-state index is -0.932. The van der Waals surface area contributed by atoms with Crippen molar-refractivity contribution < 1.29 is 19.2 Å². The fourth-order valence-electron chi connectivity index (χ4n) is 2.40. The largest absolute Gasteiger partial charge is 0.364 e. The predicted molar refractivity (Wildman–Crippen MR) is 110 cm³/mol. The van der Waals surface area contributed by atoms with Crippen LogP contribution in [0, 0.1) is 0 Å². The summed E-state index contributed by atoms with van der Waals surface area (Å²) in [6.07, 6.45) is 0. The molecule has 5 nitrogen and oxygen atoms in total. The van der Waals surface area contributed by atoms with Gasteiger partial charge >= 0.3 is 5.97 Å². The average molecular weight is 449 g/mol. The van der Waals surface area contributed by atoms with Crippen molar-refractivity contribution in [2.45, 2.75) is 0 Å². The van der Waals surface area contributed by atoms with E-state index >= 15 is 0 Å². The Hall–Kier alpha value is -2.86. The molecular weight excluding hydrogens is 437 g/mol. The summed E-state index contributed by atoms with van der Waals surface area (Å²) in [5.41, 5.74) is 0.193. The van der Waals surface area contributed by atoms with Crippen LogP contribution in [0.15, 0.2) is 72.8 Å². The van der Waals surface area contributed by atoms with Crippen LogP contribution < -0.4 is 0 Å². The Bertz CT molecular complexity index is 1040. The highest BCUT2D eigenvalue weighted by Gasteiger charge is 2.29. The van der Waals surface area contributed by atoms with Crippen LogP contribution in [0.4, 0.5) is 0 Å². The highest BCUT2D eigenvalue weighted by atomic mass is 35.5. The van der Waals surface area contributed by atoms with Crippen molar-refractivity contribution >= 4 is 52.6 Å². The molecule has 2 amide bonds. The van der Waals surface area contributed by atoms with E-state index in [0.717, 1.165) is 0 Å². The number of carbonyl (C=O) groups is 3. The lowest BCUT2D eigenvalue weighted by Crippen LogP contribution is -2.39. The maximum absolute atomic E-state index is 12.9. The minimum Gasteiger partial charge on any atom is -0.324 e. The molecule has 0 aliphatic rings. The summed E-state index contributed by atoms with van der Waals surface area (Å²) in [5.74, 6) is -2.67. The van der Waals surface area contributed by atoms with E-state index < -0.39 is 17.8 Å². The molecule has 8 heteroatoms. The van der Waals surface area contributed by atoms with Gasteiger partial charge in [-0.15, -0.1) is 0 Å². The van der Waals surface area contributed by atoms with E-state index in [1.54, 1.807) is 24.3 Å². The van der Waals surface area contributed by atoms with Crippen molar-refractivity contribution in [2.75, 3.05) is 0 Å². The third kappa shape index (κ3) is 5.15. The highest BCUT2D eigenvalue weighted by Crippen LogP contribution is 2.19. The minimum absolute atomic E-state index is 0.0618. The molecule has 0 atom stereocenters. The second-order valence-corrected chi connectivity index (χ2v) is 7.12.